The van der Waals surface area contributed by atoms with Crippen LogP contribution in [0.5, 0.6) is 0 Å². The molecule has 1 atom stereocenters. The maximum Gasteiger partial charge on any atom is 0.147 e. The highest BCUT2D eigenvalue weighted by Crippen LogP contribution is 1.98. The van der Waals surface area contributed by atoms with Crippen molar-refractivity contribution >= 4 is 5.78 Å². The van der Waals surface area contributed by atoms with Crippen molar-refractivity contribution in [2.75, 3.05) is 7.05 Å². The van der Waals surface area contributed by atoms with E-state index in [0.717, 1.165) is 5.69 Å². The Morgan fingerprint density at radius 2 is 2.58 bits per heavy atom. The van der Waals surface area contributed by atoms with Crippen molar-refractivity contribution in [3.8, 4) is 0 Å². The number of Topliss-reactive ketones (excluding diaryl/α,β-unsaturated/α-hetero) is 1. The summed E-state index contributed by atoms with van der Waals surface area (Å²) in [5.74, 6) is 0.145. The predicted molar refractivity (Wildman–Crippen MR) is 45.8 cm³/mol. The van der Waals surface area contributed by atoms with Gasteiger partial charge in [0.15, 0.2) is 0 Å². The molecule has 0 aliphatic carbocycles. The lowest BCUT2D eigenvalue weighted by molar-refractivity contribution is -0.118. The Labute approximate surface area is 71.4 Å². The van der Waals surface area contributed by atoms with Crippen LogP contribution in [0.2, 0.25) is 0 Å². The minimum Gasteiger partial charge on any atom is -0.348 e. The van der Waals surface area contributed by atoms with Crippen LogP contribution >= 0.6 is 0 Å². The summed E-state index contributed by atoms with van der Waals surface area (Å²) in [5.41, 5.74) is 0.976. The number of likely N-dealkylation sites (N-methyl/N-ethyl adjacent to an activating group) is 1. The van der Waals surface area contributed by atoms with Gasteiger partial charge in [0.2, 0.25) is 0 Å². The molecule has 4 nitrogen and oxygen atoms in total. The smallest absolute Gasteiger partial charge is 0.147 e. The molecule has 1 heterocycles. The van der Waals surface area contributed by atoms with E-state index < -0.39 is 0 Å². The van der Waals surface area contributed by atoms with Gasteiger partial charge < -0.3 is 10.3 Å². The molecule has 0 spiro atoms. The first-order valence-corrected chi connectivity index (χ1v) is 3.89. The van der Waals surface area contributed by atoms with Crippen LogP contribution in [0, 0.1) is 0 Å². The number of imidazole rings is 1. The molecule has 4 heteroatoms. The molecule has 0 fully saturated rings. The van der Waals surface area contributed by atoms with Gasteiger partial charge in [-0.2, -0.15) is 0 Å². The molecule has 0 bridgehead atoms. The average molecular weight is 167 g/mol. The van der Waals surface area contributed by atoms with E-state index in [-0.39, 0.29) is 11.8 Å². The molecule has 1 rings (SSSR count). The molecule has 0 aromatic carbocycles. The molecular formula is C8H13N3O. The van der Waals surface area contributed by atoms with E-state index in [0.29, 0.717) is 6.42 Å². The summed E-state index contributed by atoms with van der Waals surface area (Å²) < 4.78 is 0. The van der Waals surface area contributed by atoms with Crippen LogP contribution in [0.15, 0.2) is 12.5 Å². The van der Waals surface area contributed by atoms with Crippen LogP contribution in [0.3, 0.4) is 0 Å². The number of rotatable bonds is 4. The third-order valence-electron chi connectivity index (χ3n) is 1.82. The molecule has 0 saturated heterocycles. The van der Waals surface area contributed by atoms with Crippen molar-refractivity contribution in [3.05, 3.63) is 18.2 Å². The van der Waals surface area contributed by atoms with E-state index in [4.69, 9.17) is 0 Å². The Kier molecular flexibility index (Phi) is 2.99. The van der Waals surface area contributed by atoms with Gasteiger partial charge in [0.1, 0.15) is 5.78 Å². The van der Waals surface area contributed by atoms with E-state index in [1.165, 1.54) is 0 Å². The van der Waals surface area contributed by atoms with Gasteiger partial charge >= 0.3 is 0 Å². The van der Waals surface area contributed by atoms with Gasteiger partial charge in [0, 0.05) is 18.3 Å². The number of carbonyl (C=O) groups excluding carboxylic acids is 1. The fraction of sp³-hybridized carbons (Fsp3) is 0.500. The van der Waals surface area contributed by atoms with Crippen molar-refractivity contribution in [2.24, 2.45) is 0 Å². The van der Waals surface area contributed by atoms with E-state index in [9.17, 15) is 4.79 Å². The first-order chi connectivity index (χ1) is 5.74. The van der Waals surface area contributed by atoms with E-state index in [1.807, 2.05) is 0 Å². The molecule has 66 valence electrons. The van der Waals surface area contributed by atoms with Crippen LogP contribution in [0.4, 0.5) is 0 Å². The largest absolute Gasteiger partial charge is 0.348 e. The summed E-state index contributed by atoms with van der Waals surface area (Å²) >= 11 is 0. The summed E-state index contributed by atoms with van der Waals surface area (Å²) in [6, 6.07) is -0.106. The molecule has 1 aromatic rings. The summed E-state index contributed by atoms with van der Waals surface area (Å²) in [4.78, 5) is 17.8. The van der Waals surface area contributed by atoms with Crippen LogP contribution in [-0.2, 0) is 11.2 Å². The number of carbonyl (C=O) groups is 1. The quantitative estimate of drug-likeness (QED) is 0.670. The van der Waals surface area contributed by atoms with Gasteiger partial charge in [-0.25, -0.2) is 4.98 Å². The van der Waals surface area contributed by atoms with E-state index in [1.54, 1.807) is 26.5 Å². The normalized spacial score (nSPS) is 12.8. The standard InChI is InChI=1S/C8H13N3O/c1-6(12)8(9-2)3-7-4-10-5-11-7/h4-5,8-9H,3H2,1-2H3,(H,10,11)/t8-/m0/s1. The van der Waals surface area contributed by atoms with Crippen molar-refractivity contribution in [3.63, 3.8) is 0 Å². The first-order valence-electron chi connectivity index (χ1n) is 3.89. The highest BCUT2D eigenvalue weighted by Gasteiger charge is 2.12. The lowest BCUT2D eigenvalue weighted by atomic mass is 10.1. The number of nitrogens with one attached hydrogen (secondary N) is 2. The van der Waals surface area contributed by atoms with Gasteiger partial charge in [-0.3, -0.25) is 4.79 Å². The van der Waals surface area contributed by atoms with Gasteiger partial charge in [0.25, 0.3) is 0 Å². The van der Waals surface area contributed by atoms with Gasteiger partial charge in [-0.05, 0) is 14.0 Å². The van der Waals surface area contributed by atoms with Crippen molar-refractivity contribution < 1.29 is 4.79 Å². The second-order valence-electron chi connectivity index (χ2n) is 2.73. The molecule has 12 heavy (non-hydrogen) atoms. The van der Waals surface area contributed by atoms with Crippen molar-refractivity contribution in [1.82, 2.24) is 15.3 Å². The molecule has 0 aliphatic rings. The second kappa shape index (κ2) is 4.01. The number of H-pyrrole nitrogens is 1. The van der Waals surface area contributed by atoms with Gasteiger partial charge in [-0.1, -0.05) is 0 Å². The Bertz CT molecular complexity index is 243. The molecule has 1 aromatic heterocycles. The molecule has 0 unspecified atom stereocenters. The molecule has 0 saturated carbocycles. The number of nitrogens with zero attached hydrogens (tertiary/aromatic N) is 1. The Balaban J connectivity index is 2.54. The number of aromatic amines is 1. The van der Waals surface area contributed by atoms with Crippen molar-refractivity contribution in [1.29, 1.82) is 0 Å². The highest BCUT2D eigenvalue weighted by atomic mass is 16.1. The Morgan fingerprint density at radius 3 is 3.00 bits per heavy atom. The van der Waals surface area contributed by atoms with Crippen LogP contribution < -0.4 is 5.32 Å². The minimum absolute atomic E-state index is 0.106. The van der Waals surface area contributed by atoms with Gasteiger partial charge in [-0.15, -0.1) is 0 Å². The molecular weight excluding hydrogens is 154 g/mol. The minimum atomic E-state index is -0.106. The van der Waals surface area contributed by atoms with E-state index in [2.05, 4.69) is 15.3 Å². The monoisotopic (exact) mass is 167 g/mol. The second-order valence-corrected chi connectivity index (χ2v) is 2.73. The lowest BCUT2D eigenvalue weighted by Gasteiger charge is -2.10. The fourth-order valence-electron chi connectivity index (χ4n) is 1.07. The SMILES string of the molecule is CN[C@@H](Cc1cnc[nH]1)C(C)=O. The topological polar surface area (TPSA) is 57.8 Å². The highest BCUT2D eigenvalue weighted by molar-refractivity contribution is 5.81. The zero-order valence-corrected chi connectivity index (χ0v) is 7.29. The third-order valence-corrected chi connectivity index (χ3v) is 1.82. The van der Waals surface area contributed by atoms with Crippen LogP contribution in [-0.4, -0.2) is 28.8 Å². The molecule has 0 amide bonds. The first kappa shape index (κ1) is 8.93. The molecule has 0 aliphatic heterocycles. The van der Waals surface area contributed by atoms with Gasteiger partial charge in [0.05, 0.1) is 12.4 Å². The molecule has 2 N–H and O–H groups in total. The Hall–Kier alpha value is -1.16. The number of hydrogen-bond donors (Lipinski definition) is 2. The molecule has 0 radical (unpaired) electrons. The predicted octanol–water partition coefficient (Wildman–Crippen LogP) is 0.129. The van der Waals surface area contributed by atoms with Crippen LogP contribution in [0.1, 0.15) is 12.6 Å². The number of ketones is 1. The van der Waals surface area contributed by atoms with Crippen LogP contribution in [0.25, 0.3) is 0 Å². The maximum absolute atomic E-state index is 11.0. The zero-order valence-electron chi connectivity index (χ0n) is 7.29. The Morgan fingerprint density at radius 1 is 1.83 bits per heavy atom. The number of aromatic nitrogens is 2. The van der Waals surface area contributed by atoms with Crippen molar-refractivity contribution in [2.45, 2.75) is 19.4 Å². The fourth-order valence-corrected chi connectivity index (χ4v) is 1.07. The maximum atomic E-state index is 11.0. The summed E-state index contributed by atoms with van der Waals surface area (Å²) in [6.45, 7) is 1.58. The summed E-state index contributed by atoms with van der Waals surface area (Å²) in [7, 11) is 1.78. The van der Waals surface area contributed by atoms with E-state index >= 15 is 0 Å². The average Bonchev–Trinajstić information content (AvgIpc) is 2.51. The summed E-state index contributed by atoms with van der Waals surface area (Å²) in [5, 5.41) is 2.94. The lowest BCUT2D eigenvalue weighted by Crippen LogP contribution is -2.34. The zero-order chi connectivity index (χ0) is 8.97. The summed E-state index contributed by atoms with van der Waals surface area (Å²) in [6.07, 6.45) is 4.02. The number of hydrogen-bond acceptors (Lipinski definition) is 3. The third kappa shape index (κ3) is 2.17.